The zero-order valence-electron chi connectivity index (χ0n) is 14.5. The van der Waals surface area contributed by atoms with Gasteiger partial charge in [-0.3, -0.25) is 9.52 Å². The molecule has 0 saturated carbocycles. The topological polar surface area (TPSA) is 88.6 Å². The van der Waals surface area contributed by atoms with Gasteiger partial charge >= 0.3 is 0 Å². The van der Waals surface area contributed by atoms with Crippen molar-refractivity contribution in [3.63, 3.8) is 0 Å². The molecule has 0 spiro atoms. The van der Waals surface area contributed by atoms with E-state index in [0.717, 1.165) is 4.47 Å². The molecule has 0 fully saturated rings. The lowest BCUT2D eigenvalue weighted by Gasteiger charge is -2.39. The van der Waals surface area contributed by atoms with Gasteiger partial charge < -0.3 is 9.64 Å². The van der Waals surface area contributed by atoms with Crippen LogP contribution in [-0.4, -0.2) is 31.5 Å². The SMILES string of the molecule is CC(=O)N1CC(C)(C)Oc2ccc(S(=O)(=O)Nc3ccc(Br)cn3)cc21. The summed E-state index contributed by atoms with van der Waals surface area (Å²) in [4.78, 5) is 17.6. The second-order valence-corrected chi connectivity index (χ2v) is 9.16. The van der Waals surface area contributed by atoms with Crippen molar-refractivity contribution in [2.75, 3.05) is 16.2 Å². The van der Waals surface area contributed by atoms with Crippen LogP contribution in [0.25, 0.3) is 0 Å². The zero-order chi connectivity index (χ0) is 19.1. The second-order valence-electron chi connectivity index (χ2n) is 6.56. The number of hydrogen-bond acceptors (Lipinski definition) is 5. The zero-order valence-corrected chi connectivity index (χ0v) is 16.9. The Balaban J connectivity index is 1.98. The van der Waals surface area contributed by atoms with E-state index < -0.39 is 15.6 Å². The minimum absolute atomic E-state index is 0.0236. The first-order valence-corrected chi connectivity index (χ1v) is 10.1. The molecule has 0 radical (unpaired) electrons. The van der Waals surface area contributed by atoms with E-state index in [4.69, 9.17) is 4.74 Å². The molecule has 0 unspecified atom stereocenters. The molecule has 1 aliphatic heterocycles. The Morgan fingerprint density at radius 2 is 2.04 bits per heavy atom. The van der Waals surface area contributed by atoms with Crippen LogP contribution in [0.5, 0.6) is 5.75 Å². The number of carbonyl (C=O) groups is 1. The fraction of sp³-hybridized carbons (Fsp3) is 0.294. The first-order valence-electron chi connectivity index (χ1n) is 7.83. The largest absolute Gasteiger partial charge is 0.484 e. The molecule has 0 saturated heterocycles. The van der Waals surface area contributed by atoms with Crippen LogP contribution in [0.2, 0.25) is 0 Å². The molecule has 138 valence electrons. The van der Waals surface area contributed by atoms with Crippen molar-refractivity contribution in [3.05, 3.63) is 41.0 Å². The molecule has 1 amide bonds. The van der Waals surface area contributed by atoms with E-state index in [1.54, 1.807) is 18.2 Å². The average Bonchev–Trinajstić information content (AvgIpc) is 2.54. The third-order valence-electron chi connectivity index (χ3n) is 3.80. The Kier molecular flexibility index (Phi) is 4.70. The van der Waals surface area contributed by atoms with E-state index in [0.29, 0.717) is 18.0 Å². The van der Waals surface area contributed by atoms with Crippen LogP contribution in [0.1, 0.15) is 20.8 Å². The summed E-state index contributed by atoms with van der Waals surface area (Å²) in [6.45, 7) is 5.52. The van der Waals surface area contributed by atoms with Crippen LogP contribution in [-0.2, 0) is 14.8 Å². The molecule has 1 aromatic carbocycles. The number of pyridine rings is 1. The molecule has 3 rings (SSSR count). The number of hydrogen-bond donors (Lipinski definition) is 1. The average molecular weight is 440 g/mol. The normalized spacial score (nSPS) is 15.8. The van der Waals surface area contributed by atoms with Gasteiger partial charge in [0.15, 0.2) is 0 Å². The van der Waals surface area contributed by atoms with Gasteiger partial charge in [0.1, 0.15) is 17.2 Å². The Bertz CT molecular complexity index is 958. The van der Waals surface area contributed by atoms with Crippen molar-refractivity contribution in [3.8, 4) is 5.75 Å². The summed E-state index contributed by atoms with van der Waals surface area (Å²) in [6.07, 6.45) is 1.50. The number of aromatic nitrogens is 1. The number of anilines is 2. The predicted octanol–water partition coefficient (Wildman–Crippen LogP) is 3.17. The van der Waals surface area contributed by atoms with Crippen molar-refractivity contribution in [2.24, 2.45) is 0 Å². The lowest BCUT2D eigenvalue weighted by Crippen LogP contribution is -2.48. The number of carbonyl (C=O) groups excluding carboxylic acids is 1. The number of amides is 1. The van der Waals surface area contributed by atoms with Gasteiger partial charge in [-0.15, -0.1) is 0 Å². The summed E-state index contributed by atoms with van der Waals surface area (Å²) >= 11 is 3.25. The van der Waals surface area contributed by atoms with E-state index in [1.165, 1.54) is 30.2 Å². The van der Waals surface area contributed by atoms with Crippen LogP contribution in [0.15, 0.2) is 45.9 Å². The van der Waals surface area contributed by atoms with Crippen LogP contribution in [0.4, 0.5) is 11.5 Å². The van der Waals surface area contributed by atoms with Crippen molar-refractivity contribution < 1.29 is 17.9 Å². The second kappa shape index (κ2) is 6.55. The van der Waals surface area contributed by atoms with Crippen molar-refractivity contribution in [1.82, 2.24) is 4.98 Å². The molecule has 0 bridgehead atoms. The first-order chi connectivity index (χ1) is 12.1. The molecule has 9 heteroatoms. The Labute approximate surface area is 160 Å². The lowest BCUT2D eigenvalue weighted by atomic mass is 10.1. The lowest BCUT2D eigenvalue weighted by molar-refractivity contribution is -0.117. The van der Waals surface area contributed by atoms with E-state index in [9.17, 15) is 13.2 Å². The Morgan fingerprint density at radius 3 is 2.65 bits per heavy atom. The molecular weight excluding hydrogens is 422 g/mol. The number of nitrogens with zero attached hydrogens (tertiary/aromatic N) is 2. The highest BCUT2D eigenvalue weighted by Crippen LogP contribution is 2.38. The number of nitrogens with one attached hydrogen (secondary N) is 1. The quantitative estimate of drug-likeness (QED) is 0.792. The third kappa shape index (κ3) is 3.83. The van der Waals surface area contributed by atoms with Crippen LogP contribution in [0.3, 0.4) is 0 Å². The first kappa shape index (κ1) is 18.7. The van der Waals surface area contributed by atoms with Gasteiger partial charge in [-0.2, -0.15) is 0 Å². The summed E-state index contributed by atoms with van der Waals surface area (Å²) < 4.78 is 34.4. The molecule has 2 aromatic rings. The van der Waals surface area contributed by atoms with E-state index in [1.807, 2.05) is 13.8 Å². The van der Waals surface area contributed by atoms with Gasteiger partial charge in [-0.1, -0.05) is 0 Å². The van der Waals surface area contributed by atoms with Gasteiger partial charge in [-0.25, -0.2) is 13.4 Å². The highest BCUT2D eigenvalue weighted by atomic mass is 79.9. The number of ether oxygens (including phenoxy) is 1. The van der Waals surface area contributed by atoms with E-state index in [2.05, 4.69) is 25.6 Å². The maximum absolute atomic E-state index is 12.7. The summed E-state index contributed by atoms with van der Waals surface area (Å²) in [6, 6.07) is 7.68. The minimum atomic E-state index is -3.86. The highest BCUT2D eigenvalue weighted by molar-refractivity contribution is 9.10. The fourth-order valence-electron chi connectivity index (χ4n) is 2.67. The summed E-state index contributed by atoms with van der Waals surface area (Å²) in [7, 11) is -3.86. The Hall–Kier alpha value is -2.13. The van der Waals surface area contributed by atoms with Crippen LogP contribution < -0.4 is 14.4 Å². The van der Waals surface area contributed by atoms with Crippen molar-refractivity contribution >= 4 is 43.4 Å². The van der Waals surface area contributed by atoms with E-state index in [-0.39, 0.29) is 16.6 Å². The van der Waals surface area contributed by atoms with Gasteiger partial charge in [-0.05, 0) is 60.1 Å². The molecule has 0 aliphatic carbocycles. The van der Waals surface area contributed by atoms with Gasteiger partial charge in [0.05, 0.1) is 17.1 Å². The molecule has 0 atom stereocenters. The number of benzene rings is 1. The maximum atomic E-state index is 12.7. The van der Waals surface area contributed by atoms with Crippen molar-refractivity contribution in [2.45, 2.75) is 31.3 Å². The number of halogens is 1. The van der Waals surface area contributed by atoms with Gasteiger partial charge in [0, 0.05) is 17.6 Å². The summed E-state index contributed by atoms with van der Waals surface area (Å²) in [5.41, 5.74) is -0.123. The molecule has 1 aliphatic rings. The van der Waals surface area contributed by atoms with E-state index >= 15 is 0 Å². The molecule has 1 N–H and O–H groups in total. The third-order valence-corrected chi connectivity index (χ3v) is 5.62. The fourth-order valence-corrected chi connectivity index (χ4v) is 3.93. The maximum Gasteiger partial charge on any atom is 0.263 e. The molecule has 26 heavy (non-hydrogen) atoms. The molecule has 7 nitrogen and oxygen atoms in total. The Morgan fingerprint density at radius 1 is 1.31 bits per heavy atom. The predicted molar refractivity (Wildman–Crippen MR) is 102 cm³/mol. The molecular formula is C17H18BrN3O4S. The van der Waals surface area contributed by atoms with Gasteiger partial charge in [0.2, 0.25) is 5.91 Å². The van der Waals surface area contributed by atoms with Crippen LogP contribution >= 0.6 is 15.9 Å². The minimum Gasteiger partial charge on any atom is -0.484 e. The smallest absolute Gasteiger partial charge is 0.263 e. The number of rotatable bonds is 3. The summed E-state index contributed by atoms with van der Waals surface area (Å²) in [5.74, 6) is 0.489. The molecule has 1 aromatic heterocycles. The highest BCUT2D eigenvalue weighted by Gasteiger charge is 2.34. The van der Waals surface area contributed by atoms with Gasteiger partial charge in [0.25, 0.3) is 10.0 Å². The summed E-state index contributed by atoms with van der Waals surface area (Å²) in [5, 5.41) is 0. The van der Waals surface area contributed by atoms with Crippen molar-refractivity contribution in [1.29, 1.82) is 0 Å². The van der Waals surface area contributed by atoms with Crippen LogP contribution in [0, 0.1) is 0 Å². The number of sulfonamides is 1. The monoisotopic (exact) mass is 439 g/mol. The number of fused-ring (bicyclic) bond motifs is 1. The molecule has 2 heterocycles. The standard InChI is InChI=1S/C17H18BrN3O4S/c1-11(22)21-10-17(2,3)25-15-6-5-13(8-14(15)21)26(23,24)20-16-7-4-12(18)9-19-16/h4-9H,10H2,1-3H3,(H,19,20).